The summed E-state index contributed by atoms with van der Waals surface area (Å²) in [6.45, 7) is 0.955. The van der Waals surface area contributed by atoms with Gasteiger partial charge in [-0.15, -0.1) is 0 Å². The molecule has 21 heavy (non-hydrogen) atoms. The Morgan fingerprint density at radius 1 is 1.24 bits per heavy atom. The summed E-state index contributed by atoms with van der Waals surface area (Å²) in [6, 6.07) is 7.64. The van der Waals surface area contributed by atoms with Crippen molar-refractivity contribution < 1.29 is 18.3 Å². The van der Waals surface area contributed by atoms with E-state index in [1.54, 1.807) is 0 Å². The van der Waals surface area contributed by atoms with Gasteiger partial charge in [0, 0.05) is 19.5 Å². The molecule has 0 saturated carbocycles. The molecule has 0 aliphatic carbocycles. The van der Waals surface area contributed by atoms with Gasteiger partial charge in [0.2, 0.25) is 10.0 Å². The Morgan fingerprint density at radius 3 is 2.43 bits per heavy atom. The second-order valence-electron chi connectivity index (χ2n) is 5.14. The number of sulfonamides is 1. The van der Waals surface area contributed by atoms with Crippen molar-refractivity contribution in [3.05, 3.63) is 35.4 Å². The Kier molecular flexibility index (Phi) is 6.80. The molecule has 0 aromatic heterocycles. The van der Waals surface area contributed by atoms with Crippen LogP contribution in [0.4, 0.5) is 0 Å². The van der Waals surface area contributed by atoms with Crippen molar-refractivity contribution in [2.24, 2.45) is 0 Å². The van der Waals surface area contributed by atoms with E-state index in [2.05, 4.69) is 4.72 Å². The van der Waals surface area contributed by atoms with E-state index in [1.807, 2.05) is 43.3 Å². The van der Waals surface area contributed by atoms with Gasteiger partial charge in [0.15, 0.2) is 0 Å². The molecule has 0 heterocycles. The third kappa shape index (κ3) is 7.22. The van der Waals surface area contributed by atoms with Crippen molar-refractivity contribution in [3.8, 4) is 0 Å². The first kappa shape index (κ1) is 17.6. The van der Waals surface area contributed by atoms with Gasteiger partial charge < -0.3 is 10.0 Å². The number of hydrogen-bond donors (Lipinski definition) is 2. The van der Waals surface area contributed by atoms with Gasteiger partial charge in [-0.2, -0.15) is 0 Å². The summed E-state index contributed by atoms with van der Waals surface area (Å²) in [6.07, 6.45) is -0.0257. The molecule has 0 bridgehead atoms. The van der Waals surface area contributed by atoms with Crippen molar-refractivity contribution >= 4 is 16.0 Å². The molecule has 0 fully saturated rings. The lowest BCUT2D eigenvalue weighted by atomic mass is 10.1. The number of rotatable bonds is 9. The van der Waals surface area contributed by atoms with Crippen LogP contribution in [0.25, 0.3) is 0 Å². The van der Waals surface area contributed by atoms with Gasteiger partial charge in [0.25, 0.3) is 0 Å². The van der Waals surface area contributed by atoms with Crippen LogP contribution in [0.1, 0.15) is 24.0 Å². The Hall–Kier alpha value is -1.44. The second-order valence-corrected chi connectivity index (χ2v) is 7.07. The smallest absolute Gasteiger partial charge is 0.303 e. The quantitative estimate of drug-likeness (QED) is 0.711. The van der Waals surface area contributed by atoms with Gasteiger partial charge in [0.1, 0.15) is 0 Å². The SMILES string of the molecule is CN(C)Cc1ccccc1CNS(=O)(=O)CCCC(=O)O. The minimum Gasteiger partial charge on any atom is -0.481 e. The molecule has 6 nitrogen and oxygen atoms in total. The van der Waals surface area contributed by atoms with E-state index < -0.39 is 16.0 Å². The monoisotopic (exact) mass is 314 g/mol. The molecule has 0 amide bonds. The first-order valence-corrected chi connectivity index (χ1v) is 8.36. The highest BCUT2D eigenvalue weighted by molar-refractivity contribution is 7.89. The molecule has 1 aromatic rings. The summed E-state index contributed by atoms with van der Waals surface area (Å²) in [5.74, 6) is -1.16. The molecule has 1 aromatic carbocycles. The molecule has 0 spiro atoms. The number of aliphatic carboxylic acids is 1. The zero-order valence-electron chi connectivity index (χ0n) is 12.4. The fourth-order valence-corrected chi connectivity index (χ4v) is 2.94. The molecule has 0 unspecified atom stereocenters. The normalized spacial score (nSPS) is 11.8. The fraction of sp³-hybridized carbons (Fsp3) is 0.500. The number of carboxylic acid groups (broad SMARTS) is 1. The third-order valence-corrected chi connectivity index (χ3v) is 4.30. The maximum Gasteiger partial charge on any atom is 0.303 e. The molecule has 118 valence electrons. The summed E-state index contributed by atoms with van der Waals surface area (Å²) in [5, 5.41) is 8.52. The molecular formula is C14H22N2O4S. The fourth-order valence-electron chi connectivity index (χ4n) is 1.90. The second kappa shape index (κ2) is 8.11. The molecule has 0 atom stereocenters. The van der Waals surface area contributed by atoms with E-state index >= 15 is 0 Å². The first-order valence-electron chi connectivity index (χ1n) is 6.71. The number of nitrogens with zero attached hydrogens (tertiary/aromatic N) is 1. The van der Waals surface area contributed by atoms with Crippen molar-refractivity contribution in [3.63, 3.8) is 0 Å². The summed E-state index contributed by atoms with van der Waals surface area (Å²) >= 11 is 0. The van der Waals surface area contributed by atoms with Crippen LogP contribution in [0, 0.1) is 0 Å². The van der Waals surface area contributed by atoms with Crippen molar-refractivity contribution in [1.82, 2.24) is 9.62 Å². The standard InChI is InChI=1S/C14H22N2O4S/c1-16(2)11-13-7-4-3-6-12(13)10-15-21(19,20)9-5-8-14(17)18/h3-4,6-7,15H,5,8-11H2,1-2H3,(H,17,18). The molecular weight excluding hydrogens is 292 g/mol. The minimum atomic E-state index is -3.45. The molecule has 0 radical (unpaired) electrons. The van der Waals surface area contributed by atoms with Crippen molar-refractivity contribution in [2.75, 3.05) is 19.8 Å². The largest absolute Gasteiger partial charge is 0.481 e. The van der Waals surface area contributed by atoms with Crippen LogP contribution in [0.3, 0.4) is 0 Å². The zero-order valence-corrected chi connectivity index (χ0v) is 13.2. The van der Waals surface area contributed by atoms with Crippen LogP contribution >= 0.6 is 0 Å². The van der Waals surface area contributed by atoms with E-state index in [9.17, 15) is 13.2 Å². The minimum absolute atomic E-state index is 0.115. The molecule has 7 heteroatoms. The number of hydrogen-bond acceptors (Lipinski definition) is 4. The van der Waals surface area contributed by atoms with Gasteiger partial charge in [-0.1, -0.05) is 24.3 Å². The van der Waals surface area contributed by atoms with Gasteiger partial charge in [-0.3, -0.25) is 4.79 Å². The van der Waals surface area contributed by atoms with E-state index in [0.717, 1.165) is 17.7 Å². The van der Waals surface area contributed by atoms with Crippen LogP contribution in [-0.2, 0) is 27.9 Å². The van der Waals surface area contributed by atoms with Crippen molar-refractivity contribution in [1.29, 1.82) is 0 Å². The Labute approximate surface area is 125 Å². The van der Waals surface area contributed by atoms with Crippen LogP contribution < -0.4 is 4.72 Å². The summed E-state index contributed by atoms with van der Waals surface area (Å²) in [7, 11) is 0.455. The van der Waals surface area contributed by atoms with Crippen LogP contribution in [0.5, 0.6) is 0 Å². The molecule has 0 saturated heterocycles. The van der Waals surface area contributed by atoms with Gasteiger partial charge in [0.05, 0.1) is 5.75 Å². The van der Waals surface area contributed by atoms with Crippen LogP contribution in [-0.4, -0.2) is 44.2 Å². The van der Waals surface area contributed by atoms with Crippen LogP contribution in [0.2, 0.25) is 0 Å². The Bertz CT molecular complexity index is 570. The molecule has 2 N–H and O–H groups in total. The number of carboxylic acids is 1. The highest BCUT2D eigenvalue weighted by Gasteiger charge is 2.12. The summed E-state index contributed by atoms with van der Waals surface area (Å²) in [5.41, 5.74) is 1.99. The van der Waals surface area contributed by atoms with Gasteiger partial charge in [-0.05, 0) is 31.6 Å². The predicted octanol–water partition coefficient (Wildman–Crippen LogP) is 1.03. The van der Waals surface area contributed by atoms with Crippen molar-refractivity contribution in [2.45, 2.75) is 25.9 Å². The lowest BCUT2D eigenvalue weighted by molar-refractivity contribution is -0.137. The van der Waals surface area contributed by atoms with Gasteiger partial charge >= 0.3 is 5.97 Å². The van der Waals surface area contributed by atoms with E-state index in [-0.39, 0.29) is 25.1 Å². The lowest BCUT2D eigenvalue weighted by Crippen LogP contribution is -2.27. The molecule has 0 aliphatic heterocycles. The maximum atomic E-state index is 11.8. The predicted molar refractivity (Wildman–Crippen MR) is 81.3 cm³/mol. The Morgan fingerprint density at radius 2 is 1.86 bits per heavy atom. The van der Waals surface area contributed by atoms with E-state index in [4.69, 9.17) is 5.11 Å². The summed E-state index contributed by atoms with van der Waals surface area (Å²) in [4.78, 5) is 12.4. The molecule has 0 aliphatic rings. The average molecular weight is 314 g/mol. The lowest BCUT2D eigenvalue weighted by Gasteiger charge is -2.14. The van der Waals surface area contributed by atoms with Crippen LogP contribution in [0.15, 0.2) is 24.3 Å². The highest BCUT2D eigenvalue weighted by atomic mass is 32.2. The Balaban J connectivity index is 2.60. The molecule has 1 rings (SSSR count). The average Bonchev–Trinajstić information content (AvgIpc) is 2.36. The zero-order chi connectivity index (χ0) is 15.9. The number of benzene rings is 1. The first-order chi connectivity index (χ1) is 9.80. The van der Waals surface area contributed by atoms with E-state index in [1.165, 1.54) is 0 Å². The van der Waals surface area contributed by atoms with Gasteiger partial charge in [-0.25, -0.2) is 13.1 Å². The third-order valence-electron chi connectivity index (χ3n) is 2.89. The topological polar surface area (TPSA) is 86.7 Å². The number of carbonyl (C=O) groups is 1. The van der Waals surface area contributed by atoms with E-state index in [0.29, 0.717) is 0 Å². The maximum absolute atomic E-state index is 11.8. The highest BCUT2D eigenvalue weighted by Crippen LogP contribution is 2.11. The summed E-state index contributed by atoms with van der Waals surface area (Å²) < 4.78 is 26.1. The number of nitrogens with one attached hydrogen (secondary N) is 1.